The lowest BCUT2D eigenvalue weighted by Gasteiger charge is -2.34. The normalized spacial score (nSPS) is 21.4. The summed E-state index contributed by atoms with van der Waals surface area (Å²) >= 11 is 0. The van der Waals surface area contributed by atoms with Gasteiger partial charge < -0.3 is 20.5 Å². The number of carbonyl (C=O) groups is 3. The number of hydrogen-bond donors (Lipinski definition) is 3. The van der Waals surface area contributed by atoms with Crippen LogP contribution >= 0.6 is 0 Å². The highest BCUT2D eigenvalue weighted by Crippen LogP contribution is 2.35. The number of benzene rings is 1. The number of methoxy groups -OCH3 is 1. The molecule has 2 saturated heterocycles. The number of nitrogens with zero attached hydrogens (tertiary/aromatic N) is 2. The highest BCUT2D eigenvalue weighted by Gasteiger charge is 2.52. The number of quaternary nitrogens is 1. The van der Waals surface area contributed by atoms with E-state index >= 15 is 0 Å². The lowest BCUT2D eigenvalue weighted by molar-refractivity contribution is -0.140. The molecular formula is C22H32N5O5+. The van der Waals surface area contributed by atoms with Crippen molar-refractivity contribution in [3.8, 4) is 0 Å². The fraction of sp³-hybridized carbons (Fsp3) is 0.545. The zero-order valence-corrected chi connectivity index (χ0v) is 18.7. The number of carbonyl (C=O) groups excluding carboxylic acids is 3. The van der Waals surface area contributed by atoms with E-state index < -0.39 is 11.9 Å². The molecule has 0 aliphatic carbocycles. The van der Waals surface area contributed by atoms with Gasteiger partial charge in [-0.3, -0.25) is 15.1 Å². The number of ether oxygens (including phenoxy) is 2. The molecule has 2 amide bonds. The van der Waals surface area contributed by atoms with Gasteiger partial charge in [-0.15, -0.1) is 0 Å². The third kappa shape index (κ3) is 4.61. The summed E-state index contributed by atoms with van der Waals surface area (Å²) in [5.74, 6) is -1.19. The van der Waals surface area contributed by atoms with Gasteiger partial charge in [-0.05, 0) is 45.0 Å². The van der Waals surface area contributed by atoms with E-state index in [0.717, 1.165) is 25.9 Å². The SMILES string of the molecule is CCOC(=O)c1ccc([N+]2(CCC(=O)OC)CCN(C3CCNCC3)C2=O)c(C(=N)N)c1. The molecule has 1 atom stereocenters. The minimum atomic E-state index is -0.522. The minimum absolute atomic E-state index is 0.0409. The lowest BCUT2D eigenvalue weighted by atomic mass is 10.0. The molecule has 2 heterocycles. The number of nitrogens with one attached hydrogen (secondary N) is 2. The zero-order valence-electron chi connectivity index (χ0n) is 18.7. The van der Waals surface area contributed by atoms with Crippen molar-refractivity contribution in [1.82, 2.24) is 14.7 Å². The van der Waals surface area contributed by atoms with Crippen LogP contribution in [-0.2, 0) is 14.3 Å². The van der Waals surface area contributed by atoms with Crippen LogP contribution in [0.3, 0.4) is 0 Å². The van der Waals surface area contributed by atoms with Crippen LogP contribution in [0.4, 0.5) is 10.5 Å². The summed E-state index contributed by atoms with van der Waals surface area (Å²) < 4.78 is 9.74. The number of nitrogens with two attached hydrogens (primary N) is 1. The summed E-state index contributed by atoms with van der Waals surface area (Å²) in [6.45, 7) is 4.81. The van der Waals surface area contributed by atoms with Gasteiger partial charge in [-0.25, -0.2) is 14.1 Å². The number of amides is 2. The Morgan fingerprint density at radius 3 is 2.66 bits per heavy atom. The van der Waals surface area contributed by atoms with Crippen molar-refractivity contribution in [2.45, 2.75) is 32.2 Å². The number of rotatable bonds is 8. The van der Waals surface area contributed by atoms with Gasteiger partial charge in [0.25, 0.3) is 0 Å². The number of amidine groups is 1. The first-order valence-corrected chi connectivity index (χ1v) is 11.0. The molecular weight excluding hydrogens is 414 g/mol. The average molecular weight is 447 g/mol. The Kier molecular flexibility index (Phi) is 7.47. The minimum Gasteiger partial charge on any atom is -0.469 e. The van der Waals surface area contributed by atoms with Crippen molar-refractivity contribution in [2.75, 3.05) is 46.4 Å². The number of piperidine rings is 1. The molecule has 0 aromatic heterocycles. The molecule has 0 radical (unpaired) electrons. The predicted octanol–water partition coefficient (Wildman–Crippen LogP) is 1.21. The van der Waals surface area contributed by atoms with Crippen LogP contribution in [0.25, 0.3) is 0 Å². The second-order valence-electron chi connectivity index (χ2n) is 8.06. The molecule has 1 aromatic rings. The third-order valence-corrected chi connectivity index (χ3v) is 6.27. The van der Waals surface area contributed by atoms with Crippen LogP contribution in [0, 0.1) is 5.41 Å². The van der Waals surface area contributed by atoms with E-state index in [1.807, 2.05) is 4.90 Å². The highest BCUT2D eigenvalue weighted by atomic mass is 16.5. The lowest BCUT2D eigenvalue weighted by Crippen LogP contribution is -2.56. The third-order valence-electron chi connectivity index (χ3n) is 6.27. The van der Waals surface area contributed by atoms with E-state index in [1.165, 1.54) is 13.2 Å². The molecule has 0 saturated carbocycles. The second kappa shape index (κ2) is 10.1. The van der Waals surface area contributed by atoms with Crippen LogP contribution in [-0.4, -0.2) is 81.2 Å². The van der Waals surface area contributed by atoms with E-state index in [-0.39, 0.29) is 47.5 Å². The Hall–Kier alpha value is -2.98. The molecule has 10 nitrogen and oxygen atoms in total. The number of hydrogen-bond acceptors (Lipinski definition) is 7. The van der Waals surface area contributed by atoms with Crippen LogP contribution in [0.1, 0.15) is 42.1 Å². The van der Waals surface area contributed by atoms with Gasteiger partial charge >= 0.3 is 18.0 Å². The molecule has 3 rings (SSSR count). The predicted molar refractivity (Wildman–Crippen MR) is 120 cm³/mol. The molecule has 0 spiro atoms. The first kappa shape index (κ1) is 23.7. The monoisotopic (exact) mass is 446 g/mol. The van der Waals surface area contributed by atoms with Gasteiger partial charge in [0, 0.05) is 12.1 Å². The fourth-order valence-corrected chi connectivity index (χ4v) is 4.57. The Bertz CT molecular complexity index is 899. The standard InChI is InChI=1S/C22H32N5O5/c1-3-32-21(29)15-4-5-18(17(14-15)20(23)24)27(12-8-19(28)31-2)13-11-26(22(27)30)16-6-9-25-10-7-16/h4-5,14,16,25H,3,6-13H2,1-2H3,(H3,23,24)/q+1. The maximum Gasteiger partial charge on any atom is 0.424 e. The Morgan fingerprint density at radius 1 is 1.31 bits per heavy atom. The quantitative estimate of drug-likeness (QED) is 0.236. The van der Waals surface area contributed by atoms with E-state index in [4.69, 9.17) is 20.6 Å². The first-order chi connectivity index (χ1) is 15.3. The molecule has 2 aliphatic heterocycles. The average Bonchev–Trinajstić information content (AvgIpc) is 3.14. The number of urea groups is 1. The molecule has 1 unspecified atom stereocenters. The van der Waals surface area contributed by atoms with Crippen molar-refractivity contribution >= 4 is 29.5 Å². The van der Waals surface area contributed by atoms with E-state index in [1.54, 1.807) is 19.1 Å². The summed E-state index contributed by atoms with van der Waals surface area (Å²) in [5.41, 5.74) is 6.95. The number of nitrogen functional groups attached to an aromatic ring is 1. The van der Waals surface area contributed by atoms with Crippen LogP contribution < -0.4 is 15.5 Å². The second-order valence-corrected chi connectivity index (χ2v) is 8.06. The van der Waals surface area contributed by atoms with Crippen molar-refractivity contribution in [3.05, 3.63) is 29.3 Å². The van der Waals surface area contributed by atoms with Crippen molar-refractivity contribution < 1.29 is 23.9 Å². The smallest absolute Gasteiger partial charge is 0.424 e. The summed E-state index contributed by atoms with van der Waals surface area (Å²) in [7, 11) is 1.31. The van der Waals surface area contributed by atoms with Gasteiger partial charge in [0.15, 0.2) is 5.69 Å². The molecule has 32 heavy (non-hydrogen) atoms. The van der Waals surface area contributed by atoms with E-state index in [0.29, 0.717) is 24.3 Å². The van der Waals surface area contributed by atoms with Crippen molar-refractivity contribution in [1.29, 1.82) is 5.41 Å². The molecule has 2 aliphatic rings. The van der Waals surface area contributed by atoms with Crippen LogP contribution in [0.5, 0.6) is 0 Å². The summed E-state index contributed by atoms with van der Waals surface area (Å²) in [6.07, 6.45) is 1.77. The molecule has 10 heteroatoms. The van der Waals surface area contributed by atoms with Crippen LogP contribution in [0.2, 0.25) is 0 Å². The summed E-state index contributed by atoms with van der Waals surface area (Å²) in [4.78, 5) is 39.9. The maximum atomic E-state index is 13.8. The van der Waals surface area contributed by atoms with Crippen molar-refractivity contribution in [2.24, 2.45) is 5.73 Å². The van der Waals surface area contributed by atoms with E-state index in [2.05, 4.69) is 5.32 Å². The molecule has 2 fully saturated rings. The maximum absolute atomic E-state index is 13.8. The summed E-state index contributed by atoms with van der Waals surface area (Å²) in [5, 5.41) is 11.4. The highest BCUT2D eigenvalue weighted by molar-refractivity contribution is 6.05. The topological polar surface area (TPSA) is 135 Å². The zero-order chi connectivity index (χ0) is 23.3. The molecule has 0 bridgehead atoms. The first-order valence-electron chi connectivity index (χ1n) is 11.0. The van der Waals surface area contributed by atoms with Gasteiger partial charge in [0.1, 0.15) is 18.9 Å². The number of esters is 2. The molecule has 4 N–H and O–H groups in total. The Balaban J connectivity index is 2.04. The largest absolute Gasteiger partial charge is 0.469 e. The summed E-state index contributed by atoms with van der Waals surface area (Å²) in [6, 6.07) is 4.74. The Labute approximate surface area is 187 Å². The van der Waals surface area contributed by atoms with Crippen molar-refractivity contribution in [3.63, 3.8) is 0 Å². The Morgan fingerprint density at radius 2 is 2.03 bits per heavy atom. The molecule has 174 valence electrons. The molecule has 1 aromatic carbocycles. The van der Waals surface area contributed by atoms with Gasteiger partial charge in [0.05, 0.1) is 37.8 Å². The van der Waals surface area contributed by atoms with Gasteiger partial charge in [0.2, 0.25) is 0 Å². The fourth-order valence-electron chi connectivity index (χ4n) is 4.57. The van der Waals surface area contributed by atoms with E-state index in [9.17, 15) is 14.4 Å². The van der Waals surface area contributed by atoms with Gasteiger partial charge in [-0.2, -0.15) is 0 Å². The van der Waals surface area contributed by atoms with Gasteiger partial charge in [-0.1, -0.05) is 0 Å². The van der Waals surface area contributed by atoms with Crippen LogP contribution in [0.15, 0.2) is 18.2 Å².